The Morgan fingerprint density at radius 3 is 2.39 bits per heavy atom. The molecule has 1 N–H and O–H groups in total. The first-order valence-corrected chi connectivity index (χ1v) is 11.0. The van der Waals surface area contributed by atoms with Crippen molar-refractivity contribution in [2.24, 2.45) is 0 Å². The maximum Gasteiger partial charge on any atom is 0.248 e. The molecule has 0 radical (unpaired) electrons. The maximum absolute atomic E-state index is 13.0. The molecule has 2 aromatic rings. The normalized spacial score (nSPS) is 12.4. The highest BCUT2D eigenvalue weighted by atomic mass is 35.5. The molecule has 0 aliphatic heterocycles. The van der Waals surface area contributed by atoms with Gasteiger partial charge < -0.3 is 10.1 Å². The summed E-state index contributed by atoms with van der Waals surface area (Å²) in [4.78, 5) is 13.0. The van der Waals surface area contributed by atoms with E-state index in [0.717, 1.165) is 21.7 Å². The van der Waals surface area contributed by atoms with Gasteiger partial charge in [-0.1, -0.05) is 24.6 Å². The summed E-state index contributed by atoms with van der Waals surface area (Å²) < 4.78 is 31.6. The molecule has 0 aliphatic rings. The smallest absolute Gasteiger partial charge is 0.248 e. The van der Waals surface area contributed by atoms with Crippen LogP contribution in [0.15, 0.2) is 36.4 Å². The van der Waals surface area contributed by atoms with Gasteiger partial charge in [-0.15, -0.1) is 0 Å². The number of methoxy groups -OCH3 is 1. The molecule has 0 fully saturated rings. The molecular formula is C20H25ClN2O4S. The van der Waals surface area contributed by atoms with Gasteiger partial charge in [-0.3, -0.25) is 9.10 Å². The molecule has 0 spiro atoms. The molecule has 6 nitrogen and oxygen atoms in total. The minimum absolute atomic E-state index is 0.222. The first kappa shape index (κ1) is 22.0. The van der Waals surface area contributed by atoms with Gasteiger partial charge in [0.15, 0.2) is 0 Å². The lowest BCUT2D eigenvalue weighted by Crippen LogP contribution is -2.47. The van der Waals surface area contributed by atoms with E-state index in [1.165, 1.54) is 13.2 Å². The molecule has 2 rings (SSSR count). The van der Waals surface area contributed by atoms with Crippen molar-refractivity contribution >= 4 is 38.9 Å². The van der Waals surface area contributed by atoms with Crippen molar-refractivity contribution in [3.05, 3.63) is 52.5 Å². The van der Waals surface area contributed by atoms with Crippen LogP contribution in [0.2, 0.25) is 5.02 Å². The molecular weight excluding hydrogens is 400 g/mol. The van der Waals surface area contributed by atoms with Gasteiger partial charge >= 0.3 is 0 Å². The predicted octanol–water partition coefficient (Wildman–Crippen LogP) is 4.15. The Bertz CT molecular complexity index is 976. The second-order valence-electron chi connectivity index (χ2n) is 6.59. The van der Waals surface area contributed by atoms with Crippen LogP contribution in [0.4, 0.5) is 11.4 Å². The van der Waals surface area contributed by atoms with E-state index in [1.807, 2.05) is 26.0 Å². The molecule has 1 atom stereocenters. The van der Waals surface area contributed by atoms with Gasteiger partial charge in [0.25, 0.3) is 0 Å². The third-order valence-corrected chi connectivity index (χ3v) is 5.88. The summed E-state index contributed by atoms with van der Waals surface area (Å²) in [6, 6.07) is 9.23. The molecule has 0 heterocycles. The van der Waals surface area contributed by atoms with Crippen LogP contribution in [0.3, 0.4) is 0 Å². The third kappa shape index (κ3) is 4.97. The van der Waals surface area contributed by atoms with E-state index < -0.39 is 22.0 Å². The summed E-state index contributed by atoms with van der Waals surface area (Å²) in [7, 11) is -2.36. The SMILES string of the molecule is CC[C@@H](C(=O)Nc1ccc(C)c(C)c1)N(c1cc(Cl)ccc1OC)S(C)(=O)=O. The zero-order valence-electron chi connectivity index (χ0n) is 16.6. The summed E-state index contributed by atoms with van der Waals surface area (Å²) in [5, 5.41) is 3.16. The van der Waals surface area contributed by atoms with Gasteiger partial charge in [0.1, 0.15) is 11.8 Å². The van der Waals surface area contributed by atoms with Crippen LogP contribution in [0.25, 0.3) is 0 Å². The summed E-state index contributed by atoms with van der Waals surface area (Å²) in [5.74, 6) is -0.120. The van der Waals surface area contributed by atoms with Crippen molar-refractivity contribution in [3.8, 4) is 5.75 Å². The number of amides is 1. The summed E-state index contributed by atoms with van der Waals surface area (Å²) in [6.45, 7) is 5.67. The Balaban J connectivity index is 2.47. The topological polar surface area (TPSA) is 75.7 Å². The molecule has 0 saturated carbocycles. The molecule has 0 unspecified atom stereocenters. The largest absolute Gasteiger partial charge is 0.495 e. The lowest BCUT2D eigenvalue weighted by atomic mass is 10.1. The highest BCUT2D eigenvalue weighted by Gasteiger charge is 2.33. The Labute approximate surface area is 171 Å². The van der Waals surface area contributed by atoms with Crippen molar-refractivity contribution in [1.82, 2.24) is 0 Å². The van der Waals surface area contributed by atoms with Crippen LogP contribution >= 0.6 is 11.6 Å². The summed E-state index contributed by atoms with van der Waals surface area (Å²) in [6.07, 6.45) is 1.32. The third-order valence-electron chi connectivity index (χ3n) is 4.48. The van der Waals surface area contributed by atoms with Crippen molar-refractivity contribution in [2.75, 3.05) is 23.0 Å². The second kappa shape index (κ2) is 8.84. The zero-order valence-corrected chi connectivity index (χ0v) is 18.2. The fraction of sp³-hybridized carbons (Fsp3) is 0.350. The number of aryl methyl sites for hydroxylation is 2. The number of hydrogen-bond acceptors (Lipinski definition) is 4. The van der Waals surface area contributed by atoms with Gasteiger partial charge in [0.05, 0.1) is 19.1 Å². The van der Waals surface area contributed by atoms with Crippen molar-refractivity contribution in [1.29, 1.82) is 0 Å². The molecule has 28 heavy (non-hydrogen) atoms. The minimum Gasteiger partial charge on any atom is -0.495 e. The van der Waals surface area contributed by atoms with E-state index in [0.29, 0.717) is 16.5 Å². The fourth-order valence-electron chi connectivity index (χ4n) is 2.92. The van der Waals surface area contributed by atoms with Crippen molar-refractivity contribution in [2.45, 2.75) is 33.2 Å². The number of sulfonamides is 1. The highest BCUT2D eigenvalue weighted by molar-refractivity contribution is 7.92. The molecule has 8 heteroatoms. The van der Waals surface area contributed by atoms with Crippen LogP contribution in [0.1, 0.15) is 24.5 Å². The van der Waals surface area contributed by atoms with Gasteiger partial charge in [-0.2, -0.15) is 0 Å². The molecule has 2 aromatic carbocycles. The summed E-state index contributed by atoms with van der Waals surface area (Å²) >= 11 is 6.08. The van der Waals surface area contributed by atoms with E-state index in [9.17, 15) is 13.2 Å². The lowest BCUT2D eigenvalue weighted by Gasteiger charge is -2.31. The fourth-order valence-corrected chi connectivity index (χ4v) is 4.29. The van der Waals surface area contributed by atoms with E-state index >= 15 is 0 Å². The van der Waals surface area contributed by atoms with Gasteiger partial charge in [0.2, 0.25) is 15.9 Å². The van der Waals surface area contributed by atoms with E-state index in [2.05, 4.69) is 5.32 Å². The van der Waals surface area contributed by atoms with Crippen LogP contribution < -0.4 is 14.4 Å². The van der Waals surface area contributed by atoms with E-state index in [1.54, 1.807) is 25.1 Å². The quantitative estimate of drug-likeness (QED) is 0.724. The number of carbonyl (C=O) groups is 1. The van der Waals surface area contributed by atoms with Crippen molar-refractivity contribution < 1.29 is 17.9 Å². The number of halogens is 1. The van der Waals surface area contributed by atoms with Gasteiger partial charge in [0, 0.05) is 10.7 Å². The molecule has 152 valence electrons. The van der Waals surface area contributed by atoms with Gasteiger partial charge in [-0.25, -0.2) is 8.42 Å². The monoisotopic (exact) mass is 424 g/mol. The number of anilines is 2. The molecule has 0 aliphatic carbocycles. The molecule has 0 aromatic heterocycles. The number of hydrogen-bond donors (Lipinski definition) is 1. The Morgan fingerprint density at radius 1 is 1.18 bits per heavy atom. The second-order valence-corrected chi connectivity index (χ2v) is 8.88. The summed E-state index contributed by atoms with van der Waals surface area (Å²) in [5.41, 5.74) is 2.96. The minimum atomic E-state index is -3.80. The predicted molar refractivity (Wildman–Crippen MR) is 114 cm³/mol. The maximum atomic E-state index is 13.0. The number of nitrogens with one attached hydrogen (secondary N) is 1. The number of benzene rings is 2. The van der Waals surface area contributed by atoms with E-state index in [-0.39, 0.29) is 12.1 Å². The highest BCUT2D eigenvalue weighted by Crippen LogP contribution is 2.35. The zero-order chi connectivity index (χ0) is 21.1. The molecule has 0 saturated heterocycles. The first-order valence-electron chi connectivity index (χ1n) is 8.79. The number of carbonyl (C=O) groups excluding carboxylic acids is 1. The average Bonchev–Trinajstić information content (AvgIpc) is 2.61. The van der Waals surface area contributed by atoms with Crippen LogP contribution in [-0.4, -0.2) is 33.7 Å². The Hall–Kier alpha value is -2.25. The average molecular weight is 425 g/mol. The van der Waals surface area contributed by atoms with Crippen LogP contribution in [-0.2, 0) is 14.8 Å². The standard InChI is InChI=1S/C20H25ClN2O4S/c1-6-17(20(24)22-16-9-7-13(2)14(3)11-16)23(28(5,25)26)18-12-15(21)8-10-19(18)27-4/h7-12,17H,6H2,1-5H3,(H,22,24)/t17-/m0/s1. The van der Waals surface area contributed by atoms with Crippen LogP contribution in [0, 0.1) is 13.8 Å². The molecule has 1 amide bonds. The Morgan fingerprint density at radius 2 is 1.86 bits per heavy atom. The van der Waals surface area contributed by atoms with Crippen molar-refractivity contribution in [3.63, 3.8) is 0 Å². The first-order chi connectivity index (χ1) is 13.1. The number of nitrogens with zero attached hydrogens (tertiary/aromatic N) is 1. The van der Waals surface area contributed by atoms with E-state index in [4.69, 9.17) is 16.3 Å². The Kier molecular flexibility index (Phi) is 6.96. The lowest BCUT2D eigenvalue weighted by molar-refractivity contribution is -0.117. The number of ether oxygens (including phenoxy) is 1. The number of rotatable bonds is 7. The van der Waals surface area contributed by atoms with Crippen LogP contribution in [0.5, 0.6) is 5.75 Å². The van der Waals surface area contributed by atoms with Gasteiger partial charge in [-0.05, 0) is 61.7 Å². The molecule has 0 bridgehead atoms.